The molecule has 1 aliphatic carbocycles. The second kappa shape index (κ2) is 9.42. The fourth-order valence-corrected chi connectivity index (χ4v) is 3.01. The summed E-state index contributed by atoms with van der Waals surface area (Å²) in [4.78, 5) is 18.1. The first-order chi connectivity index (χ1) is 12.0. The van der Waals surface area contributed by atoms with Gasteiger partial charge in [-0.3, -0.25) is 4.79 Å². The van der Waals surface area contributed by atoms with E-state index < -0.39 is 0 Å². The van der Waals surface area contributed by atoms with Gasteiger partial charge in [-0.05, 0) is 37.5 Å². The standard InChI is InChI=1S/C19H30N4O2/c1-4-20-19(22-13-16-6-5-7-17(16)24)21-12-14-8-10-15(11-9-14)18(25)23(2)3/h8-11,16-17,24H,4-7,12-13H2,1-3H3,(H2,20,21,22). The topological polar surface area (TPSA) is 77.0 Å². The lowest BCUT2D eigenvalue weighted by Crippen LogP contribution is -2.41. The quantitative estimate of drug-likeness (QED) is 0.540. The fraction of sp³-hybridized carbons (Fsp3) is 0.579. The van der Waals surface area contributed by atoms with Crippen LogP contribution in [-0.4, -0.2) is 55.2 Å². The summed E-state index contributed by atoms with van der Waals surface area (Å²) >= 11 is 0. The van der Waals surface area contributed by atoms with Crippen LogP contribution in [0.25, 0.3) is 0 Å². The third-order valence-electron chi connectivity index (χ3n) is 4.52. The van der Waals surface area contributed by atoms with Crippen molar-refractivity contribution >= 4 is 11.9 Å². The summed E-state index contributed by atoms with van der Waals surface area (Å²) in [5.74, 6) is 1.07. The lowest BCUT2D eigenvalue weighted by atomic mass is 10.1. The number of hydrogen-bond donors (Lipinski definition) is 3. The molecule has 6 heteroatoms. The Bertz CT molecular complexity index is 584. The summed E-state index contributed by atoms with van der Waals surface area (Å²) in [7, 11) is 3.49. The number of carbonyl (C=O) groups is 1. The molecule has 0 saturated heterocycles. The highest BCUT2D eigenvalue weighted by Crippen LogP contribution is 2.24. The first-order valence-electron chi connectivity index (χ1n) is 9.02. The second-order valence-electron chi connectivity index (χ2n) is 6.73. The molecule has 138 valence electrons. The minimum atomic E-state index is -0.197. The van der Waals surface area contributed by atoms with E-state index in [1.165, 1.54) is 0 Å². The van der Waals surface area contributed by atoms with Gasteiger partial charge >= 0.3 is 0 Å². The Hall–Kier alpha value is -2.08. The number of rotatable bonds is 6. The molecule has 2 unspecified atom stereocenters. The molecular formula is C19H30N4O2. The minimum Gasteiger partial charge on any atom is -0.393 e. The van der Waals surface area contributed by atoms with Gasteiger partial charge < -0.3 is 20.6 Å². The van der Waals surface area contributed by atoms with Gasteiger partial charge in [0.15, 0.2) is 5.96 Å². The van der Waals surface area contributed by atoms with Crippen LogP contribution in [0, 0.1) is 5.92 Å². The zero-order valence-corrected chi connectivity index (χ0v) is 15.5. The molecule has 0 heterocycles. The second-order valence-corrected chi connectivity index (χ2v) is 6.73. The number of aliphatic hydroxyl groups is 1. The van der Waals surface area contributed by atoms with Crippen molar-refractivity contribution in [3.05, 3.63) is 35.4 Å². The van der Waals surface area contributed by atoms with E-state index in [9.17, 15) is 9.90 Å². The highest BCUT2D eigenvalue weighted by Gasteiger charge is 2.24. The summed E-state index contributed by atoms with van der Waals surface area (Å²) in [6.07, 6.45) is 2.86. The summed E-state index contributed by atoms with van der Waals surface area (Å²) in [5, 5.41) is 16.5. The van der Waals surface area contributed by atoms with Gasteiger partial charge in [0.2, 0.25) is 0 Å². The Balaban J connectivity index is 1.92. The lowest BCUT2D eigenvalue weighted by molar-refractivity contribution is 0.0827. The highest BCUT2D eigenvalue weighted by atomic mass is 16.3. The van der Waals surface area contributed by atoms with Crippen LogP contribution >= 0.6 is 0 Å². The van der Waals surface area contributed by atoms with Gasteiger partial charge in [0.05, 0.1) is 12.6 Å². The minimum absolute atomic E-state index is 0.000165. The number of nitrogens with zero attached hydrogens (tertiary/aromatic N) is 2. The van der Waals surface area contributed by atoms with Crippen LogP contribution in [0.2, 0.25) is 0 Å². The molecule has 0 radical (unpaired) electrons. The van der Waals surface area contributed by atoms with E-state index in [1.807, 2.05) is 31.2 Å². The molecule has 0 aliphatic heterocycles. The van der Waals surface area contributed by atoms with E-state index in [2.05, 4.69) is 15.6 Å². The summed E-state index contributed by atoms with van der Waals surface area (Å²) in [5.41, 5.74) is 1.73. The van der Waals surface area contributed by atoms with E-state index in [0.29, 0.717) is 18.0 Å². The number of guanidine groups is 1. The number of benzene rings is 1. The molecule has 1 saturated carbocycles. The van der Waals surface area contributed by atoms with Crippen LogP contribution in [0.5, 0.6) is 0 Å². The van der Waals surface area contributed by atoms with Crippen LogP contribution in [0.15, 0.2) is 29.3 Å². The van der Waals surface area contributed by atoms with Crippen LogP contribution in [-0.2, 0) is 6.54 Å². The van der Waals surface area contributed by atoms with Crippen molar-refractivity contribution in [3.63, 3.8) is 0 Å². The van der Waals surface area contributed by atoms with Gasteiger partial charge in [0.1, 0.15) is 0 Å². The number of aliphatic imine (C=N–C) groups is 1. The third kappa shape index (κ3) is 5.74. The largest absolute Gasteiger partial charge is 0.393 e. The van der Waals surface area contributed by atoms with E-state index in [4.69, 9.17) is 0 Å². The molecule has 0 aromatic heterocycles. The van der Waals surface area contributed by atoms with E-state index in [-0.39, 0.29) is 12.0 Å². The molecule has 0 bridgehead atoms. The van der Waals surface area contributed by atoms with Crippen LogP contribution < -0.4 is 10.6 Å². The fourth-order valence-electron chi connectivity index (χ4n) is 3.01. The molecule has 3 N–H and O–H groups in total. The molecule has 1 aromatic rings. The molecular weight excluding hydrogens is 316 g/mol. The first-order valence-corrected chi connectivity index (χ1v) is 9.02. The summed E-state index contributed by atoms with van der Waals surface area (Å²) in [6, 6.07) is 7.54. The van der Waals surface area contributed by atoms with E-state index in [1.54, 1.807) is 19.0 Å². The number of carbonyl (C=O) groups excluding carboxylic acids is 1. The zero-order valence-electron chi connectivity index (χ0n) is 15.5. The summed E-state index contributed by atoms with van der Waals surface area (Å²) < 4.78 is 0. The predicted molar refractivity (Wildman–Crippen MR) is 101 cm³/mol. The first kappa shape index (κ1) is 19.2. The van der Waals surface area contributed by atoms with Crippen molar-refractivity contribution in [3.8, 4) is 0 Å². The van der Waals surface area contributed by atoms with Crippen molar-refractivity contribution in [2.24, 2.45) is 10.9 Å². The molecule has 1 fully saturated rings. The number of hydrogen-bond acceptors (Lipinski definition) is 3. The van der Waals surface area contributed by atoms with Gasteiger partial charge in [-0.1, -0.05) is 18.6 Å². The Morgan fingerprint density at radius 1 is 1.24 bits per heavy atom. The summed E-state index contributed by atoms with van der Waals surface area (Å²) in [6.45, 7) is 4.10. The monoisotopic (exact) mass is 346 g/mol. The van der Waals surface area contributed by atoms with Crippen molar-refractivity contribution in [1.29, 1.82) is 0 Å². The Kier molecular flexibility index (Phi) is 7.25. The molecule has 0 spiro atoms. The van der Waals surface area contributed by atoms with Gasteiger partial charge in [-0.25, -0.2) is 4.99 Å². The van der Waals surface area contributed by atoms with Crippen molar-refractivity contribution in [2.75, 3.05) is 27.2 Å². The predicted octanol–water partition coefficient (Wildman–Crippen LogP) is 1.60. The van der Waals surface area contributed by atoms with E-state index >= 15 is 0 Å². The van der Waals surface area contributed by atoms with Gasteiger partial charge in [0.25, 0.3) is 5.91 Å². The molecule has 1 aliphatic rings. The Labute approximate surface area is 150 Å². The van der Waals surface area contributed by atoms with Gasteiger partial charge in [-0.15, -0.1) is 0 Å². The smallest absolute Gasteiger partial charge is 0.253 e. The Morgan fingerprint density at radius 3 is 2.52 bits per heavy atom. The molecule has 6 nitrogen and oxygen atoms in total. The molecule has 1 amide bonds. The lowest BCUT2D eigenvalue weighted by Gasteiger charge is -2.17. The van der Waals surface area contributed by atoms with Crippen LogP contribution in [0.1, 0.15) is 42.1 Å². The van der Waals surface area contributed by atoms with Crippen molar-refractivity contribution in [1.82, 2.24) is 15.5 Å². The van der Waals surface area contributed by atoms with Gasteiger partial charge in [0, 0.05) is 38.7 Å². The SMILES string of the molecule is CCNC(=NCc1ccc(C(=O)N(C)C)cc1)NCC1CCCC1O. The maximum Gasteiger partial charge on any atom is 0.253 e. The molecule has 1 aromatic carbocycles. The molecule has 25 heavy (non-hydrogen) atoms. The van der Waals surface area contributed by atoms with Crippen molar-refractivity contribution < 1.29 is 9.90 Å². The average molecular weight is 346 g/mol. The van der Waals surface area contributed by atoms with Crippen LogP contribution in [0.4, 0.5) is 0 Å². The van der Waals surface area contributed by atoms with Gasteiger partial charge in [-0.2, -0.15) is 0 Å². The molecule has 2 atom stereocenters. The van der Waals surface area contributed by atoms with Crippen LogP contribution in [0.3, 0.4) is 0 Å². The average Bonchev–Trinajstić information content (AvgIpc) is 3.02. The number of nitrogens with one attached hydrogen (secondary N) is 2. The molecule has 2 rings (SSSR count). The normalized spacial score (nSPS) is 20.4. The maximum atomic E-state index is 11.9. The number of aliphatic hydroxyl groups excluding tert-OH is 1. The number of amides is 1. The maximum absolute atomic E-state index is 11.9. The third-order valence-corrected chi connectivity index (χ3v) is 4.52. The Morgan fingerprint density at radius 2 is 1.96 bits per heavy atom. The van der Waals surface area contributed by atoms with Crippen molar-refractivity contribution in [2.45, 2.75) is 38.8 Å². The highest BCUT2D eigenvalue weighted by molar-refractivity contribution is 5.93. The van der Waals surface area contributed by atoms with E-state index in [0.717, 1.165) is 43.9 Å². The zero-order chi connectivity index (χ0) is 18.2.